The Balaban J connectivity index is 2.13. The molecule has 2 atom stereocenters. The van der Waals surface area contributed by atoms with E-state index in [1.807, 2.05) is 0 Å². The molecule has 2 unspecified atom stereocenters. The molecule has 0 amide bonds. The Bertz CT molecular complexity index is 434. The van der Waals surface area contributed by atoms with Crippen molar-refractivity contribution in [3.8, 4) is 0 Å². The van der Waals surface area contributed by atoms with Crippen molar-refractivity contribution < 1.29 is 13.2 Å². The molecule has 2 nitrogen and oxygen atoms in total. The van der Waals surface area contributed by atoms with Crippen molar-refractivity contribution in [1.82, 2.24) is 4.98 Å². The van der Waals surface area contributed by atoms with Crippen molar-refractivity contribution in [3.05, 3.63) is 22.3 Å². The van der Waals surface area contributed by atoms with Gasteiger partial charge in [-0.15, -0.1) is 0 Å². The van der Waals surface area contributed by atoms with E-state index >= 15 is 0 Å². The van der Waals surface area contributed by atoms with Crippen LogP contribution in [0.2, 0.25) is 0 Å². The quantitative estimate of drug-likeness (QED) is 0.885. The van der Waals surface area contributed by atoms with E-state index in [9.17, 15) is 13.2 Å². The maximum atomic E-state index is 12.8. The van der Waals surface area contributed by atoms with E-state index in [1.54, 1.807) is 0 Å². The first-order valence-electron chi connectivity index (χ1n) is 5.91. The Kier molecular flexibility index (Phi) is 3.84. The number of pyridine rings is 1. The van der Waals surface area contributed by atoms with E-state index in [-0.39, 0.29) is 11.9 Å². The highest BCUT2D eigenvalue weighted by molar-refractivity contribution is 9.10. The molecule has 0 bridgehead atoms. The Morgan fingerprint density at radius 2 is 2.22 bits per heavy atom. The van der Waals surface area contributed by atoms with E-state index in [0.717, 1.165) is 25.3 Å². The molecular formula is C12H14BrF3N2. The highest BCUT2D eigenvalue weighted by atomic mass is 79.9. The summed E-state index contributed by atoms with van der Waals surface area (Å²) in [5, 5.41) is 2.90. The second-order valence-electron chi connectivity index (χ2n) is 4.58. The molecule has 100 valence electrons. The second kappa shape index (κ2) is 5.07. The van der Waals surface area contributed by atoms with E-state index in [4.69, 9.17) is 0 Å². The van der Waals surface area contributed by atoms with Crippen LogP contribution in [0.15, 0.2) is 16.7 Å². The lowest BCUT2D eigenvalue weighted by molar-refractivity contribution is -0.137. The van der Waals surface area contributed by atoms with Gasteiger partial charge in [0.2, 0.25) is 0 Å². The van der Waals surface area contributed by atoms with Crippen LogP contribution in [0.1, 0.15) is 31.7 Å². The molecule has 1 saturated carbocycles. The number of anilines is 1. The number of hydrogen-bond acceptors (Lipinski definition) is 2. The van der Waals surface area contributed by atoms with Gasteiger partial charge in [0.25, 0.3) is 0 Å². The van der Waals surface area contributed by atoms with Gasteiger partial charge >= 0.3 is 6.18 Å². The summed E-state index contributed by atoms with van der Waals surface area (Å²) in [6.07, 6.45) is 0.0458. The molecule has 1 aliphatic rings. The number of rotatable bonds is 4. The maximum Gasteiger partial charge on any atom is 0.419 e. The van der Waals surface area contributed by atoms with Crippen LogP contribution in [0.4, 0.5) is 19.0 Å². The maximum absolute atomic E-state index is 12.8. The fourth-order valence-corrected chi connectivity index (χ4v) is 2.39. The van der Waals surface area contributed by atoms with Crippen molar-refractivity contribution in [3.63, 3.8) is 0 Å². The summed E-state index contributed by atoms with van der Waals surface area (Å²) in [4.78, 5) is 3.84. The monoisotopic (exact) mass is 322 g/mol. The van der Waals surface area contributed by atoms with Crippen molar-refractivity contribution in [2.45, 2.75) is 38.4 Å². The van der Waals surface area contributed by atoms with E-state index in [0.29, 0.717) is 10.4 Å². The van der Waals surface area contributed by atoms with E-state index < -0.39 is 11.7 Å². The molecule has 1 aromatic rings. The van der Waals surface area contributed by atoms with E-state index in [1.165, 1.54) is 6.20 Å². The molecule has 1 N–H and O–H groups in total. The van der Waals surface area contributed by atoms with Gasteiger partial charge < -0.3 is 5.32 Å². The number of halogens is 4. The predicted octanol–water partition coefficient (Wildman–Crippen LogP) is 4.46. The van der Waals surface area contributed by atoms with Crippen LogP contribution in [0.5, 0.6) is 0 Å². The molecule has 0 saturated heterocycles. The van der Waals surface area contributed by atoms with Crippen LogP contribution >= 0.6 is 15.9 Å². The van der Waals surface area contributed by atoms with Crippen LogP contribution in [0.3, 0.4) is 0 Å². The minimum absolute atomic E-state index is 0.0608. The van der Waals surface area contributed by atoms with Crippen LogP contribution in [-0.4, -0.2) is 11.0 Å². The topological polar surface area (TPSA) is 24.9 Å². The predicted molar refractivity (Wildman–Crippen MR) is 67.4 cm³/mol. The first-order valence-corrected chi connectivity index (χ1v) is 6.70. The SMILES string of the molecule is CCCC1CC1Nc1ncc(Br)cc1C(F)(F)F. The van der Waals surface area contributed by atoms with Crippen molar-refractivity contribution in [2.24, 2.45) is 5.92 Å². The molecule has 1 fully saturated rings. The van der Waals surface area contributed by atoms with Crippen LogP contribution in [-0.2, 0) is 6.18 Å². The summed E-state index contributed by atoms with van der Waals surface area (Å²) in [5.41, 5.74) is -0.709. The van der Waals surface area contributed by atoms with Gasteiger partial charge in [-0.2, -0.15) is 13.2 Å². The Hall–Kier alpha value is -0.780. The third-order valence-corrected chi connectivity index (χ3v) is 3.50. The third-order valence-electron chi connectivity index (χ3n) is 3.06. The molecule has 6 heteroatoms. The van der Waals surface area contributed by atoms with Gasteiger partial charge in [0, 0.05) is 16.7 Å². The second-order valence-corrected chi connectivity index (χ2v) is 5.50. The number of nitrogens with one attached hydrogen (secondary N) is 1. The molecular weight excluding hydrogens is 309 g/mol. The number of hydrogen-bond donors (Lipinski definition) is 1. The van der Waals surface area contributed by atoms with Gasteiger partial charge in [0.1, 0.15) is 5.82 Å². The summed E-state index contributed by atoms with van der Waals surface area (Å²) in [6.45, 7) is 2.08. The van der Waals surface area contributed by atoms with Gasteiger partial charge in [-0.05, 0) is 40.8 Å². The van der Waals surface area contributed by atoms with Crippen molar-refractivity contribution in [1.29, 1.82) is 0 Å². The first kappa shape index (κ1) is 13.6. The minimum Gasteiger partial charge on any atom is -0.367 e. The molecule has 18 heavy (non-hydrogen) atoms. The zero-order chi connectivity index (χ0) is 13.3. The molecule has 0 spiro atoms. The standard InChI is InChI=1S/C12H14BrF3N2/c1-2-3-7-4-10(7)18-11-9(12(14,15)16)5-8(13)6-17-11/h5-7,10H,2-4H2,1H3,(H,17,18). The zero-order valence-electron chi connectivity index (χ0n) is 9.89. The third kappa shape index (κ3) is 3.16. The highest BCUT2D eigenvalue weighted by Gasteiger charge is 2.40. The summed E-state index contributed by atoms with van der Waals surface area (Å²) in [7, 11) is 0. The van der Waals surface area contributed by atoms with E-state index in [2.05, 4.69) is 33.2 Å². The van der Waals surface area contributed by atoms with Gasteiger partial charge in [-0.1, -0.05) is 13.3 Å². The Labute approximate surface area is 112 Å². The summed E-state index contributed by atoms with van der Waals surface area (Å²) < 4.78 is 38.9. The molecule has 0 aromatic carbocycles. The van der Waals surface area contributed by atoms with Crippen LogP contribution < -0.4 is 5.32 Å². The first-order chi connectivity index (χ1) is 8.41. The molecule has 0 radical (unpaired) electrons. The normalized spacial score (nSPS) is 22.9. The van der Waals surface area contributed by atoms with Crippen LogP contribution in [0.25, 0.3) is 0 Å². The minimum atomic E-state index is -4.38. The van der Waals surface area contributed by atoms with Crippen molar-refractivity contribution >= 4 is 21.7 Å². The van der Waals surface area contributed by atoms with Gasteiger partial charge in [0.05, 0.1) is 5.56 Å². The van der Waals surface area contributed by atoms with Crippen LogP contribution in [0, 0.1) is 5.92 Å². The van der Waals surface area contributed by atoms with Gasteiger partial charge in [-0.25, -0.2) is 4.98 Å². The average molecular weight is 323 g/mol. The smallest absolute Gasteiger partial charge is 0.367 e. The fraction of sp³-hybridized carbons (Fsp3) is 0.583. The fourth-order valence-electron chi connectivity index (χ4n) is 2.06. The lowest BCUT2D eigenvalue weighted by Gasteiger charge is -2.13. The highest BCUT2D eigenvalue weighted by Crippen LogP contribution is 2.40. The molecule has 2 rings (SSSR count). The number of alkyl halides is 3. The number of aromatic nitrogens is 1. The van der Waals surface area contributed by atoms with Gasteiger partial charge in [0.15, 0.2) is 0 Å². The number of nitrogens with zero attached hydrogens (tertiary/aromatic N) is 1. The molecule has 1 aromatic heterocycles. The summed E-state index contributed by atoms with van der Waals surface area (Å²) >= 11 is 3.02. The Morgan fingerprint density at radius 3 is 2.83 bits per heavy atom. The average Bonchev–Trinajstić information content (AvgIpc) is 2.98. The summed E-state index contributed by atoms with van der Waals surface area (Å²) in [5.74, 6) is 0.427. The summed E-state index contributed by atoms with van der Waals surface area (Å²) in [6, 6.07) is 1.20. The molecule has 1 aliphatic carbocycles. The molecule has 1 heterocycles. The Morgan fingerprint density at radius 1 is 1.50 bits per heavy atom. The lowest BCUT2D eigenvalue weighted by atomic mass is 10.2. The molecule has 0 aliphatic heterocycles. The van der Waals surface area contributed by atoms with Crippen molar-refractivity contribution in [2.75, 3.05) is 5.32 Å². The lowest BCUT2D eigenvalue weighted by Crippen LogP contribution is -2.14. The zero-order valence-corrected chi connectivity index (χ0v) is 11.5. The van der Waals surface area contributed by atoms with Gasteiger partial charge in [-0.3, -0.25) is 0 Å². The largest absolute Gasteiger partial charge is 0.419 e.